The lowest BCUT2D eigenvalue weighted by Gasteiger charge is -2.47. The number of aldehydes is 1. The normalized spacial score (nSPS) is 19.7. The summed E-state index contributed by atoms with van der Waals surface area (Å²) < 4.78 is 20.2. The van der Waals surface area contributed by atoms with Crippen LogP contribution in [0.1, 0.15) is 31.9 Å². The van der Waals surface area contributed by atoms with Gasteiger partial charge in [0.1, 0.15) is 12.4 Å². The molecule has 4 aromatic carbocycles. The van der Waals surface area contributed by atoms with Crippen molar-refractivity contribution in [3.63, 3.8) is 0 Å². The molecule has 3 atom stereocenters. The maximum Gasteiger partial charge on any atom is 0.261 e. The molecule has 0 bridgehead atoms. The minimum absolute atomic E-state index is 0.0988. The number of benzene rings is 4. The van der Waals surface area contributed by atoms with Crippen LogP contribution in [0.2, 0.25) is 5.04 Å². The molecule has 0 saturated carbocycles. The van der Waals surface area contributed by atoms with Crippen molar-refractivity contribution in [3.8, 4) is 0 Å². The Hall–Kier alpha value is -3.39. The van der Waals surface area contributed by atoms with Crippen molar-refractivity contribution in [2.24, 2.45) is 0 Å². The van der Waals surface area contributed by atoms with Crippen molar-refractivity contribution < 1.29 is 18.7 Å². The van der Waals surface area contributed by atoms with E-state index in [0.717, 1.165) is 11.8 Å². The quantitative estimate of drug-likeness (QED) is 0.158. The number of rotatable bonds is 12. The molecule has 0 N–H and O–H groups in total. The highest BCUT2D eigenvalue weighted by Crippen LogP contribution is 2.37. The number of hydrogen-bond donors (Lipinski definition) is 0. The molecule has 1 heterocycles. The van der Waals surface area contributed by atoms with Gasteiger partial charge in [0.05, 0.1) is 32.0 Å². The Balaban J connectivity index is 1.47. The first kappa shape index (κ1) is 31.0. The van der Waals surface area contributed by atoms with E-state index in [-0.39, 0.29) is 17.2 Å². The summed E-state index contributed by atoms with van der Waals surface area (Å²) in [6.07, 6.45) is 0.0291. The van der Waals surface area contributed by atoms with Crippen molar-refractivity contribution in [3.05, 3.63) is 132 Å². The largest absolute Gasteiger partial charge is 0.405 e. The molecule has 5 nitrogen and oxygen atoms in total. The summed E-state index contributed by atoms with van der Waals surface area (Å²) in [7, 11) is -2.80. The van der Waals surface area contributed by atoms with Gasteiger partial charge in [-0.2, -0.15) is 0 Å². The molecule has 0 unspecified atom stereocenters. The van der Waals surface area contributed by atoms with Crippen LogP contribution in [0.3, 0.4) is 0 Å². The second-order valence-electron chi connectivity index (χ2n) is 12.3. The second-order valence-corrected chi connectivity index (χ2v) is 16.6. The Morgan fingerprint density at radius 2 is 1.28 bits per heavy atom. The smallest absolute Gasteiger partial charge is 0.261 e. The lowest BCUT2D eigenvalue weighted by atomic mass is 10.0. The molecule has 5 rings (SSSR count). The average molecular weight is 594 g/mol. The Kier molecular flexibility index (Phi) is 10.4. The average Bonchev–Trinajstić information content (AvgIpc) is 3.03. The molecule has 1 saturated heterocycles. The topological polar surface area (TPSA) is 48.0 Å². The van der Waals surface area contributed by atoms with Gasteiger partial charge in [-0.25, -0.2) is 0 Å². The first-order valence-electron chi connectivity index (χ1n) is 15.2. The fourth-order valence-electron chi connectivity index (χ4n) is 6.24. The zero-order valence-corrected chi connectivity index (χ0v) is 26.5. The van der Waals surface area contributed by atoms with Crippen molar-refractivity contribution in [1.29, 1.82) is 0 Å². The van der Waals surface area contributed by atoms with Gasteiger partial charge >= 0.3 is 0 Å². The van der Waals surface area contributed by atoms with E-state index >= 15 is 0 Å². The lowest BCUT2D eigenvalue weighted by molar-refractivity contribution is -0.158. The molecule has 0 aromatic heterocycles. The summed E-state index contributed by atoms with van der Waals surface area (Å²) in [4.78, 5) is 14.5. The Morgan fingerprint density at radius 1 is 0.767 bits per heavy atom. The van der Waals surface area contributed by atoms with Crippen LogP contribution in [0.5, 0.6) is 0 Å². The van der Waals surface area contributed by atoms with Crippen molar-refractivity contribution in [2.75, 3.05) is 19.8 Å². The second kappa shape index (κ2) is 14.4. The van der Waals surface area contributed by atoms with Crippen LogP contribution in [-0.4, -0.2) is 57.5 Å². The van der Waals surface area contributed by atoms with E-state index < -0.39 is 14.4 Å². The van der Waals surface area contributed by atoms with Crippen molar-refractivity contribution in [2.45, 2.75) is 57.2 Å². The molecule has 4 aromatic rings. The summed E-state index contributed by atoms with van der Waals surface area (Å²) in [5.74, 6) is 0. The minimum atomic E-state index is -2.80. The van der Waals surface area contributed by atoms with Gasteiger partial charge in [-0.15, -0.1) is 0 Å². The Morgan fingerprint density at radius 3 is 1.79 bits per heavy atom. The summed E-state index contributed by atoms with van der Waals surface area (Å²) in [6.45, 7) is 9.35. The molecule has 0 spiro atoms. The molecule has 1 fully saturated rings. The molecule has 43 heavy (non-hydrogen) atoms. The number of carbonyl (C=O) groups excluding carboxylic acids is 1. The molecule has 224 valence electrons. The number of nitrogens with zero attached hydrogens (tertiary/aromatic N) is 1. The summed E-state index contributed by atoms with van der Waals surface area (Å²) in [6, 6.07) is 41.8. The highest BCUT2D eigenvalue weighted by Gasteiger charge is 2.51. The third-order valence-electron chi connectivity index (χ3n) is 8.32. The van der Waals surface area contributed by atoms with E-state index in [4.69, 9.17) is 13.9 Å². The summed E-state index contributed by atoms with van der Waals surface area (Å²) in [5, 5.41) is 2.27. The van der Waals surface area contributed by atoms with Gasteiger partial charge in [-0.05, 0) is 26.5 Å². The third-order valence-corrected chi connectivity index (χ3v) is 13.3. The van der Waals surface area contributed by atoms with E-state index in [1.807, 2.05) is 24.3 Å². The first-order valence-corrected chi connectivity index (χ1v) is 17.1. The predicted molar refractivity (Wildman–Crippen MR) is 175 cm³/mol. The van der Waals surface area contributed by atoms with Gasteiger partial charge in [0.25, 0.3) is 8.32 Å². The number of ether oxygens (including phenoxy) is 2. The zero-order chi connectivity index (χ0) is 30.1. The third kappa shape index (κ3) is 7.40. The maximum atomic E-state index is 12.2. The van der Waals surface area contributed by atoms with Gasteiger partial charge in [0.15, 0.2) is 0 Å². The highest BCUT2D eigenvalue weighted by molar-refractivity contribution is 6.99. The first-order chi connectivity index (χ1) is 20.9. The molecular formula is C37H43NO4Si. The van der Waals surface area contributed by atoms with Crippen LogP contribution in [0.15, 0.2) is 121 Å². The van der Waals surface area contributed by atoms with Crippen LogP contribution < -0.4 is 10.4 Å². The Bertz CT molecular complexity index is 1360. The van der Waals surface area contributed by atoms with Gasteiger partial charge in [0, 0.05) is 13.1 Å². The fourth-order valence-corrected chi connectivity index (χ4v) is 10.8. The van der Waals surface area contributed by atoms with Crippen LogP contribution >= 0.6 is 0 Å². The van der Waals surface area contributed by atoms with Gasteiger partial charge in [0.2, 0.25) is 0 Å². The number of hydrogen-bond acceptors (Lipinski definition) is 5. The van der Waals surface area contributed by atoms with E-state index in [1.165, 1.54) is 15.9 Å². The molecule has 0 radical (unpaired) electrons. The standard InChI is InChI=1S/C37H43NO4Si/c1-37(2,3)43(33-20-12-6-13-21-33,34-22-14-7-15-23-34)41-29-36-35(28-40-27-31-18-10-5-11-19-31)38(25-32(26-39)42-36)24-30-16-8-4-9-17-30/h4-23,26,32,35-36H,24-25,27-29H2,1-3H3/t32-,35+,36+/m0/s1. The fraction of sp³-hybridized carbons (Fsp3) is 0.324. The Labute approximate surface area is 257 Å². The molecule has 1 aliphatic heterocycles. The van der Waals surface area contributed by atoms with Gasteiger partial charge in [-0.3, -0.25) is 4.90 Å². The van der Waals surface area contributed by atoms with Crippen molar-refractivity contribution in [1.82, 2.24) is 4.90 Å². The highest BCUT2D eigenvalue weighted by atomic mass is 28.4. The van der Waals surface area contributed by atoms with Crippen LogP contribution in [0, 0.1) is 0 Å². The van der Waals surface area contributed by atoms with E-state index in [0.29, 0.717) is 32.9 Å². The number of carbonyl (C=O) groups is 1. The zero-order valence-electron chi connectivity index (χ0n) is 25.5. The number of morpholine rings is 1. The van der Waals surface area contributed by atoms with Crippen molar-refractivity contribution >= 4 is 25.0 Å². The summed E-state index contributed by atoms with van der Waals surface area (Å²) in [5.41, 5.74) is 2.31. The molecule has 0 aliphatic carbocycles. The molecule has 6 heteroatoms. The minimum Gasteiger partial charge on any atom is -0.405 e. The summed E-state index contributed by atoms with van der Waals surface area (Å²) >= 11 is 0. The van der Waals surface area contributed by atoms with Crippen LogP contribution in [-0.2, 0) is 31.8 Å². The van der Waals surface area contributed by atoms with E-state index in [9.17, 15) is 4.79 Å². The molecule has 1 aliphatic rings. The maximum absolute atomic E-state index is 12.2. The molecule has 0 amide bonds. The van der Waals surface area contributed by atoms with E-state index in [1.54, 1.807) is 0 Å². The molecular weight excluding hydrogens is 550 g/mol. The SMILES string of the molecule is CC(C)(C)[Si](OC[C@H]1O[C@H](C=O)CN(Cc2ccccc2)[C@@H]1COCc1ccccc1)(c1ccccc1)c1ccccc1. The van der Waals surface area contributed by atoms with Crippen LogP contribution in [0.4, 0.5) is 0 Å². The predicted octanol–water partition coefficient (Wildman–Crippen LogP) is 5.62. The van der Waals surface area contributed by atoms with Crippen LogP contribution in [0.25, 0.3) is 0 Å². The lowest BCUT2D eigenvalue weighted by Crippen LogP contribution is -2.68. The van der Waals surface area contributed by atoms with E-state index in [2.05, 4.69) is 123 Å². The monoisotopic (exact) mass is 593 g/mol. The van der Waals surface area contributed by atoms with Gasteiger partial charge in [-0.1, -0.05) is 142 Å². The van der Waals surface area contributed by atoms with Gasteiger partial charge < -0.3 is 18.7 Å².